The first-order valence-corrected chi connectivity index (χ1v) is 5.75. The Morgan fingerprint density at radius 1 is 1.44 bits per heavy atom. The third kappa shape index (κ3) is 2.85. The highest BCUT2D eigenvalue weighted by molar-refractivity contribution is 5.79. The number of Topliss-reactive ketones (excluding diaryl/α,β-unsaturated/α-hetero) is 1. The van der Waals surface area contributed by atoms with Crippen molar-refractivity contribution in [1.82, 2.24) is 14.9 Å². The van der Waals surface area contributed by atoms with Crippen LogP contribution in [-0.4, -0.2) is 39.8 Å². The molecular weight excluding hydrogens is 202 g/mol. The summed E-state index contributed by atoms with van der Waals surface area (Å²) >= 11 is 0. The Kier molecular flexibility index (Phi) is 3.62. The monoisotopic (exact) mass is 219 g/mol. The molecule has 2 rings (SSSR count). The van der Waals surface area contributed by atoms with Crippen molar-refractivity contribution in [3.63, 3.8) is 0 Å². The Labute approximate surface area is 95.7 Å². The van der Waals surface area contributed by atoms with Gasteiger partial charge >= 0.3 is 0 Å². The van der Waals surface area contributed by atoms with Gasteiger partial charge in [0.1, 0.15) is 12.1 Å². The lowest BCUT2D eigenvalue weighted by Crippen LogP contribution is -2.42. The van der Waals surface area contributed by atoms with Gasteiger partial charge in [0.2, 0.25) is 0 Å². The average molecular weight is 219 g/mol. The van der Waals surface area contributed by atoms with Crippen molar-refractivity contribution in [3.05, 3.63) is 24.3 Å². The maximum atomic E-state index is 11.2. The van der Waals surface area contributed by atoms with E-state index in [0.29, 0.717) is 24.7 Å². The number of rotatable bonds is 3. The van der Waals surface area contributed by atoms with Crippen molar-refractivity contribution in [2.24, 2.45) is 0 Å². The molecule has 0 radical (unpaired) electrons. The van der Waals surface area contributed by atoms with E-state index in [4.69, 9.17) is 0 Å². The highest BCUT2D eigenvalue weighted by atomic mass is 16.1. The van der Waals surface area contributed by atoms with E-state index in [0.717, 1.165) is 25.1 Å². The number of hydrogen-bond acceptors (Lipinski definition) is 4. The molecule has 0 aliphatic carbocycles. The van der Waals surface area contributed by atoms with E-state index in [1.165, 1.54) is 0 Å². The molecule has 1 aliphatic rings. The zero-order chi connectivity index (χ0) is 11.4. The molecule has 1 atom stereocenters. The molecular formula is C12H17N3O. The standard InChI is InChI=1S/C12H17N3O/c1-10-6-12(16)3-5-15(10)4-2-11-7-13-9-14-8-11/h7-10H,2-6H2,1H3/t10-/m1/s1. The summed E-state index contributed by atoms with van der Waals surface area (Å²) in [6, 6.07) is 0.380. The summed E-state index contributed by atoms with van der Waals surface area (Å²) in [5, 5.41) is 0. The quantitative estimate of drug-likeness (QED) is 0.763. The van der Waals surface area contributed by atoms with Gasteiger partial charge in [-0.1, -0.05) is 0 Å². The molecule has 2 heterocycles. The van der Waals surface area contributed by atoms with Crippen LogP contribution < -0.4 is 0 Å². The SMILES string of the molecule is C[C@@H]1CC(=O)CCN1CCc1cncnc1. The molecule has 1 fully saturated rings. The average Bonchev–Trinajstić information content (AvgIpc) is 2.29. The maximum Gasteiger partial charge on any atom is 0.135 e. The smallest absolute Gasteiger partial charge is 0.135 e. The molecule has 0 bridgehead atoms. The molecule has 0 amide bonds. The third-order valence-corrected chi connectivity index (χ3v) is 3.13. The Hall–Kier alpha value is -1.29. The topological polar surface area (TPSA) is 46.1 Å². The number of nitrogens with zero attached hydrogens (tertiary/aromatic N) is 3. The van der Waals surface area contributed by atoms with Gasteiger partial charge in [0.25, 0.3) is 0 Å². The van der Waals surface area contributed by atoms with Crippen LogP contribution >= 0.6 is 0 Å². The van der Waals surface area contributed by atoms with Crippen molar-refractivity contribution in [3.8, 4) is 0 Å². The molecule has 1 aliphatic heterocycles. The van der Waals surface area contributed by atoms with Gasteiger partial charge in [-0.25, -0.2) is 9.97 Å². The minimum Gasteiger partial charge on any atom is -0.300 e. The van der Waals surface area contributed by atoms with Gasteiger partial charge in [-0.2, -0.15) is 0 Å². The van der Waals surface area contributed by atoms with Crippen LogP contribution in [0.3, 0.4) is 0 Å². The second-order valence-corrected chi connectivity index (χ2v) is 4.37. The highest BCUT2D eigenvalue weighted by Gasteiger charge is 2.22. The maximum absolute atomic E-state index is 11.2. The van der Waals surface area contributed by atoms with Crippen molar-refractivity contribution >= 4 is 5.78 Å². The van der Waals surface area contributed by atoms with E-state index in [1.54, 1.807) is 6.33 Å². The normalized spacial score (nSPS) is 22.3. The fraction of sp³-hybridized carbons (Fsp3) is 0.583. The van der Waals surface area contributed by atoms with Crippen molar-refractivity contribution in [2.45, 2.75) is 32.2 Å². The van der Waals surface area contributed by atoms with Crippen LogP contribution in [0.4, 0.5) is 0 Å². The fourth-order valence-electron chi connectivity index (χ4n) is 2.11. The summed E-state index contributed by atoms with van der Waals surface area (Å²) in [6.07, 6.45) is 7.62. The van der Waals surface area contributed by atoms with Crippen LogP contribution in [0.15, 0.2) is 18.7 Å². The molecule has 4 heteroatoms. The molecule has 0 unspecified atom stereocenters. The van der Waals surface area contributed by atoms with Crippen LogP contribution in [-0.2, 0) is 11.2 Å². The molecule has 0 aromatic carbocycles. The summed E-state index contributed by atoms with van der Waals surface area (Å²) in [4.78, 5) is 21.6. The Morgan fingerprint density at radius 3 is 2.88 bits per heavy atom. The zero-order valence-electron chi connectivity index (χ0n) is 9.59. The van der Waals surface area contributed by atoms with E-state index in [1.807, 2.05) is 12.4 Å². The van der Waals surface area contributed by atoms with Crippen LogP contribution in [0.5, 0.6) is 0 Å². The number of hydrogen-bond donors (Lipinski definition) is 0. The summed E-state index contributed by atoms with van der Waals surface area (Å²) in [6.45, 7) is 4.01. The van der Waals surface area contributed by atoms with Crippen LogP contribution in [0.1, 0.15) is 25.3 Å². The number of likely N-dealkylation sites (tertiary alicyclic amines) is 1. The Balaban J connectivity index is 1.84. The molecule has 16 heavy (non-hydrogen) atoms. The minimum absolute atomic E-state index is 0.380. The summed E-state index contributed by atoms with van der Waals surface area (Å²) in [7, 11) is 0. The predicted octanol–water partition coefficient (Wildman–Crippen LogP) is 1.07. The van der Waals surface area contributed by atoms with Crippen LogP contribution in [0.25, 0.3) is 0 Å². The molecule has 1 aromatic rings. The molecule has 1 saturated heterocycles. The van der Waals surface area contributed by atoms with E-state index < -0.39 is 0 Å². The molecule has 4 nitrogen and oxygen atoms in total. The number of carbonyl (C=O) groups excluding carboxylic acids is 1. The zero-order valence-corrected chi connectivity index (χ0v) is 9.59. The van der Waals surface area contributed by atoms with Crippen LogP contribution in [0.2, 0.25) is 0 Å². The highest BCUT2D eigenvalue weighted by Crippen LogP contribution is 2.14. The Bertz CT molecular complexity index is 353. The van der Waals surface area contributed by atoms with Gasteiger partial charge in [-0.15, -0.1) is 0 Å². The third-order valence-electron chi connectivity index (χ3n) is 3.13. The second-order valence-electron chi connectivity index (χ2n) is 4.37. The predicted molar refractivity (Wildman–Crippen MR) is 61.0 cm³/mol. The lowest BCUT2D eigenvalue weighted by atomic mass is 10.0. The summed E-state index contributed by atoms with van der Waals surface area (Å²) < 4.78 is 0. The van der Waals surface area contributed by atoms with Gasteiger partial charge in [-0.05, 0) is 18.9 Å². The Morgan fingerprint density at radius 2 is 2.19 bits per heavy atom. The second kappa shape index (κ2) is 5.16. The van der Waals surface area contributed by atoms with Gasteiger partial charge in [0.05, 0.1) is 0 Å². The van der Waals surface area contributed by atoms with Crippen molar-refractivity contribution < 1.29 is 4.79 Å². The minimum atomic E-state index is 0.380. The molecule has 86 valence electrons. The van der Waals surface area contributed by atoms with E-state index in [2.05, 4.69) is 21.8 Å². The first-order chi connectivity index (χ1) is 7.75. The lowest BCUT2D eigenvalue weighted by molar-refractivity contribution is -0.122. The first kappa shape index (κ1) is 11.2. The molecule has 0 saturated carbocycles. The first-order valence-electron chi connectivity index (χ1n) is 5.75. The van der Waals surface area contributed by atoms with Gasteiger partial charge < -0.3 is 0 Å². The summed E-state index contributed by atoms with van der Waals surface area (Å²) in [5.74, 6) is 0.395. The van der Waals surface area contributed by atoms with Gasteiger partial charge in [-0.3, -0.25) is 9.69 Å². The largest absolute Gasteiger partial charge is 0.300 e. The molecule has 1 aromatic heterocycles. The van der Waals surface area contributed by atoms with Gasteiger partial charge in [0.15, 0.2) is 0 Å². The van der Waals surface area contributed by atoms with Crippen molar-refractivity contribution in [2.75, 3.05) is 13.1 Å². The van der Waals surface area contributed by atoms with Gasteiger partial charge in [0, 0.05) is 44.4 Å². The number of aromatic nitrogens is 2. The van der Waals surface area contributed by atoms with Crippen molar-refractivity contribution in [1.29, 1.82) is 0 Å². The number of carbonyl (C=O) groups is 1. The van der Waals surface area contributed by atoms with E-state index in [9.17, 15) is 4.79 Å². The summed E-state index contributed by atoms with van der Waals surface area (Å²) in [5.41, 5.74) is 1.16. The number of ketones is 1. The van der Waals surface area contributed by atoms with Crippen LogP contribution in [0, 0.1) is 0 Å². The van der Waals surface area contributed by atoms with E-state index in [-0.39, 0.29) is 0 Å². The van der Waals surface area contributed by atoms with E-state index >= 15 is 0 Å². The molecule has 0 N–H and O–H groups in total. The fourth-order valence-corrected chi connectivity index (χ4v) is 2.11. The molecule has 0 spiro atoms. The lowest BCUT2D eigenvalue weighted by Gasteiger charge is -2.32. The number of piperidine rings is 1.